The summed E-state index contributed by atoms with van der Waals surface area (Å²) in [6.07, 6.45) is -0.255. The first-order chi connectivity index (χ1) is 5.68. The summed E-state index contributed by atoms with van der Waals surface area (Å²) in [5.74, 6) is -3.76. The van der Waals surface area contributed by atoms with Gasteiger partial charge in [0.15, 0.2) is 17.5 Å². The molecule has 1 aliphatic heterocycles. The van der Waals surface area contributed by atoms with Crippen LogP contribution < -0.4 is 0 Å². The Labute approximate surface area is 66.8 Å². The molecule has 0 radical (unpaired) electrons. The zero-order chi connectivity index (χ0) is 8.72. The predicted octanol–water partition coefficient (Wildman–Crippen LogP) is 2.18. The largest absolute Gasteiger partial charge is 0.368 e. The first-order valence-corrected chi connectivity index (χ1v) is 3.44. The summed E-state index contributed by atoms with van der Waals surface area (Å²) in [6, 6.07) is 1.91. The van der Waals surface area contributed by atoms with Crippen LogP contribution in [0.1, 0.15) is 11.7 Å². The summed E-state index contributed by atoms with van der Waals surface area (Å²) in [5.41, 5.74) is 0.353. The van der Waals surface area contributed by atoms with E-state index in [4.69, 9.17) is 4.74 Å². The van der Waals surface area contributed by atoms with Gasteiger partial charge in [0, 0.05) is 0 Å². The van der Waals surface area contributed by atoms with Crippen LogP contribution in [0, 0.1) is 17.5 Å². The Morgan fingerprint density at radius 1 is 1.17 bits per heavy atom. The Hall–Kier alpha value is -1.03. The van der Waals surface area contributed by atoms with Crippen LogP contribution in [-0.4, -0.2) is 6.61 Å². The van der Waals surface area contributed by atoms with Gasteiger partial charge in [0.25, 0.3) is 0 Å². The minimum Gasteiger partial charge on any atom is -0.368 e. The van der Waals surface area contributed by atoms with Crippen LogP contribution in [-0.2, 0) is 4.74 Å². The first-order valence-electron chi connectivity index (χ1n) is 3.44. The third-order valence-corrected chi connectivity index (χ3v) is 1.71. The summed E-state index contributed by atoms with van der Waals surface area (Å²) < 4.78 is 42.3. The van der Waals surface area contributed by atoms with E-state index in [0.717, 1.165) is 12.1 Å². The number of hydrogen-bond acceptors (Lipinski definition) is 1. The summed E-state index contributed by atoms with van der Waals surface area (Å²) in [6.45, 7) is 0.449. The van der Waals surface area contributed by atoms with Crippen molar-refractivity contribution in [3.8, 4) is 0 Å². The standard InChI is InChI=1S/C8H5F3O/c9-5-1-4(7-3-12-7)2-6(10)8(5)11/h1-2,7H,3H2/t7-/m1/s1. The number of ether oxygens (including phenoxy) is 1. The molecule has 64 valence electrons. The van der Waals surface area contributed by atoms with Gasteiger partial charge in [-0.1, -0.05) is 0 Å². The summed E-state index contributed by atoms with van der Waals surface area (Å²) >= 11 is 0. The fourth-order valence-corrected chi connectivity index (χ4v) is 1.00. The maximum Gasteiger partial charge on any atom is 0.194 e. The number of epoxide rings is 1. The van der Waals surface area contributed by atoms with E-state index in [9.17, 15) is 13.2 Å². The molecule has 1 aromatic rings. The van der Waals surface area contributed by atoms with Gasteiger partial charge in [-0.05, 0) is 17.7 Å². The molecule has 0 bridgehead atoms. The topological polar surface area (TPSA) is 12.5 Å². The van der Waals surface area contributed by atoms with Crippen LogP contribution in [0.5, 0.6) is 0 Å². The molecule has 0 saturated carbocycles. The van der Waals surface area contributed by atoms with Gasteiger partial charge >= 0.3 is 0 Å². The van der Waals surface area contributed by atoms with E-state index in [1.165, 1.54) is 0 Å². The Bertz CT molecular complexity index is 297. The van der Waals surface area contributed by atoms with E-state index in [2.05, 4.69) is 0 Å². The lowest BCUT2D eigenvalue weighted by Gasteiger charge is -1.98. The molecular formula is C8H5F3O. The second-order valence-electron chi connectivity index (χ2n) is 2.62. The molecule has 2 rings (SSSR count). The highest BCUT2D eigenvalue weighted by Gasteiger charge is 2.27. The van der Waals surface area contributed by atoms with E-state index in [1.54, 1.807) is 0 Å². The van der Waals surface area contributed by atoms with Crippen molar-refractivity contribution in [2.75, 3.05) is 6.61 Å². The fraction of sp³-hybridized carbons (Fsp3) is 0.250. The van der Waals surface area contributed by atoms with Crippen LogP contribution in [0.25, 0.3) is 0 Å². The SMILES string of the molecule is Fc1cc([C@H]2CO2)cc(F)c1F. The molecule has 1 aromatic carbocycles. The third-order valence-electron chi connectivity index (χ3n) is 1.71. The highest BCUT2D eigenvalue weighted by molar-refractivity contribution is 5.23. The Morgan fingerprint density at radius 3 is 2.08 bits per heavy atom. The van der Waals surface area contributed by atoms with E-state index in [-0.39, 0.29) is 6.10 Å². The van der Waals surface area contributed by atoms with Crippen molar-refractivity contribution >= 4 is 0 Å². The molecule has 0 spiro atoms. The van der Waals surface area contributed by atoms with Gasteiger partial charge in [0.1, 0.15) is 6.10 Å². The second kappa shape index (κ2) is 2.48. The van der Waals surface area contributed by atoms with Crippen molar-refractivity contribution < 1.29 is 17.9 Å². The normalized spacial score (nSPS) is 21.1. The van der Waals surface area contributed by atoms with Gasteiger partial charge in [-0.3, -0.25) is 0 Å². The quantitative estimate of drug-likeness (QED) is 0.469. The maximum atomic E-state index is 12.6. The molecule has 0 unspecified atom stereocenters. The minimum absolute atomic E-state index is 0.255. The Morgan fingerprint density at radius 2 is 1.67 bits per heavy atom. The molecule has 0 aliphatic carbocycles. The number of benzene rings is 1. The van der Waals surface area contributed by atoms with Crippen LogP contribution in [0.2, 0.25) is 0 Å². The van der Waals surface area contributed by atoms with Gasteiger partial charge in [-0.2, -0.15) is 0 Å². The van der Waals surface area contributed by atoms with E-state index < -0.39 is 17.5 Å². The van der Waals surface area contributed by atoms with Gasteiger partial charge in [0.2, 0.25) is 0 Å². The molecule has 1 nitrogen and oxygen atoms in total. The zero-order valence-electron chi connectivity index (χ0n) is 5.98. The number of hydrogen-bond donors (Lipinski definition) is 0. The smallest absolute Gasteiger partial charge is 0.194 e. The molecule has 0 aromatic heterocycles. The Kier molecular flexibility index (Phi) is 1.58. The van der Waals surface area contributed by atoms with E-state index in [0.29, 0.717) is 12.2 Å². The molecule has 0 N–H and O–H groups in total. The summed E-state index contributed by atoms with van der Waals surface area (Å²) in [5, 5.41) is 0. The van der Waals surface area contributed by atoms with E-state index in [1.807, 2.05) is 0 Å². The zero-order valence-corrected chi connectivity index (χ0v) is 5.98. The van der Waals surface area contributed by atoms with Crippen molar-refractivity contribution in [2.24, 2.45) is 0 Å². The molecule has 1 aliphatic rings. The second-order valence-corrected chi connectivity index (χ2v) is 2.62. The molecule has 1 atom stereocenters. The monoisotopic (exact) mass is 174 g/mol. The maximum absolute atomic E-state index is 12.6. The number of rotatable bonds is 1. The first kappa shape index (κ1) is 7.61. The predicted molar refractivity (Wildman–Crippen MR) is 35.0 cm³/mol. The highest BCUT2D eigenvalue weighted by atomic mass is 19.2. The van der Waals surface area contributed by atoms with Gasteiger partial charge in [-0.25, -0.2) is 13.2 Å². The summed E-state index contributed by atoms with van der Waals surface area (Å²) in [4.78, 5) is 0. The van der Waals surface area contributed by atoms with Crippen molar-refractivity contribution in [1.29, 1.82) is 0 Å². The molecule has 4 heteroatoms. The van der Waals surface area contributed by atoms with Gasteiger partial charge < -0.3 is 4.74 Å². The molecule has 1 fully saturated rings. The number of halogens is 3. The van der Waals surface area contributed by atoms with Crippen molar-refractivity contribution in [1.82, 2.24) is 0 Å². The summed E-state index contributed by atoms with van der Waals surface area (Å²) in [7, 11) is 0. The van der Waals surface area contributed by atoms with Crippen LogP contribution >= 0.6 is 0 Å². The van der Waals surface area contributed by atoms with Crippen LogP contribution in [0.15, 0.2) is 12.1 Å². The minimum atomic E-state index is -1.43. The van der Waals surface area contributed by atoms with Gasteiger partial charge in [-0.15, -0.1) is 0 Å². The Balaban J connectivity index is 2.45. The molecule has 1 saturated heterocycles. The van der Waals surface area contributed by atoms with Gasteiger partial charge in [0.05, 0.1) is 6.61 Å². The van der Waals surface area contributed by atoms with Crippen LogP contribution in [0.3, 0.4) is 0 Å². The third kappa shape index (κ3) is 1.18. The van der Waals surface area contributed by atoms with Crippen molar-refractivity contribution in [2.45, 2.75) is 6.10 Å². The molecule has 12 heavy (non-hydrogen) atoms. The lowest BCUT2D eigenvalue weighted by atomic mass is 10.1. The lowest BCUT2D eigenvalue weighted by Crippen LogP contribution is -1.93. The molecule has 1 heterocycles. The molecule has 0 amide bonds. The average Bonchev–Trinajstić information content (AvgIpc) is 2.81. The van der Waals surface area contributed by atoms with Crippen molar-refractivity contribution in [3.05, 3.63) is 35.1 Å². The lowest BCUT2D eigenvalue weighted by molar-refractivity contribution is 0.407. The molecular weight excluding hydrogens is 169 g/mol. The highest BCUT2D eigenvalue weighted by Crippen LogP contribution is 2.31. The van der Waals surface area contributed by atoms with Crippen molar-refractivity contribution in [3.63, 3.8) is 0 Å². The fourth-order valence-electron chi connectivity index (χ4n) is 1.00. The average molecular weight is 174 g/mol. The van der Waals surface area contributed by atoms with E-state index >= 15 is 0 Å². The van der Waals surface area contributed by atoms with Crippen LogP contribution in [0.4, 0.5) is 13.2 Å².